The van der Waals surface area contributed by atoms with Crippen LogP contribution >= 0.6 is 0 Å². The molecule has 0 spiro atoms. The normalized spacial score (nSPS) is 26.8. The Bertz CT molecular complexity index is 438. The van der Waals surface area contributed by atoms with Gasteiger partial charge in [-0.1, -0.05) is 56.2 Å². The van der Waals surface area contributed by atoms with Gasteiger partial charge in [0.25, 0.3) is 0 Å². The Hall–Kier alpha value is -1.29. The van der Waals surface area contributed by atoms with Crippen LogP contribution in [0.25, 0.3) is 6.08 Å². The molecule has 1 aliphatic rings. The first-order valence-corrected chi connectivity index (χ1v) is 6.48. The van der Waals surface area contributed by atoms with Gasteiger partial charge < -0.3 is 4.74 Å². The summed E-state index contributed by atoms with van der Waals surface area (Å²) in [6.45, 7) is 1.96. The summed E-state index contributed by atoms with van der Waals surface area (Å²) in [6, 6.07) is 8.95. The Morgan fingerprint density at radius 1 is 1.26 bits per heavy atom. The molecule has 0 aromatic heterocycles. The lowest BCUT2D eigenvalue weighted by molar-refractivity contribution is -0.169. The Morgan fingerprint density at radius 2 is 1.95 bits per heavy atom. The van der Waals surface area contributed by atoms with Crippen LogP contribution in [-0.2, 0) is 4.74 Å². The van der Waals surface area contributed by atoms with Crippen LogP contribution in [0.4, 0.5) is 13.2 Å². The minimum absolute atomic E-state index is 0.454. The lowest BCUT2D eigenvalue weighted by Gasteiger charge is -2.13. The molecule has 1 saturated heterocycles. The highest BCUT2D eigenvalue weighted by atomic mass is 19.4. The quantitative estimate of drug-likeness (QED) is 0.713. The van der Waals surface area contributed by atoms with Gasteiger partial charge in [-0.25, -0.2) is 0 Å². The summed E-state index contributed by atoms with van der Waals surface area (Å²) in [5.74, 6) is 0. The third-order valence-electron chi connectivity index (χ3n) is 3.34. The van der Waals surface area contributed by atoms with Crippen molar-refractivity contribution in [1.29, 1.82) is 0 Å². The van der Waals surface area contributed by atoms with Gasteiger partial charge in [0, 0.05) is 0 Å². The van der Waals surface area contributed by atoms with E-state index in [4.69, 9.17) is 4.74 Å². The number of unbranched alkanes of at least 4 members (excludes halogenated alkanes) is 1. The lowest BCUT2D eigenvalue weighted by Crippen LogP contribution is -2.33. The smallest absolute Gasteiger partial charge is 0.352 e. The molecule has 0 N–H and O–H groups in total. The predicted octanol–water partition coefficient (Wildman–Crippen LogP) is 4.59. The fourth-order valence-corrected chi connectivity index (χ4v) is 2.14. The van der Waals surface area contributed by atoms with Crippen LogP contribution in [0.3, 0.4) is 0 Å². The summed E-state index contributed by atoms with van der Waals surface area (Å²) >= 11 is 0. The van der Waals surface area contributed by atoms with E-state index in [9.17, 15) is 13.2 Å². The highest BCUT2D eigenvalue weighted by Crippen LogP contribution is 2.52. The first-order valence-electron chi connectivity index (χ1n) is 6.48. The van der Waals surface area contributed by atoms with Crippen LogP contribution in [0, 0.1) is 0 Å². The maximum atomic E-state index is 13.1. The SMILES string of the molecule is CCCC[C@H]1O[C@]1(/C=C/c1ccccc1)C(F)(F)F. The molecule has 2 atom stereocenters. The van der Waals surface area contributed by atoms with E-state index in [2.05, 4.69) is 0 Å². The molecule has 1 nitrogen and oxygen atoms in total. The van der Waals surface area contributed by atoms with Crippen LogP contribution in [0.2, 0.25) is 0 Å². The number of hydrogen-bond donors (Lipinski definition) is 0. The number of hydrogen-bond acceptors (Lipinski definition) is 1. The number of alkyl halides is 3. The minimum atomic E-state index is -4.35. The third kappa shape index (κ3) is 3.00. The van der Waals surface area contributed by atoms with Gasteiger partial charge in [-0.05, 0) is 18.1 Å². The second kappa shape index (κ2) is 5.37. The molecule has 104 valence electrons. The van der Waals surface area contributed by atoms with E-state index in [1.54, 1.807) is 24.3 Å². The van der Waals surface area contributed by atoms with Crippen LogP contribution in [0.15, 0.2) is 36.4 Å². The summed E-state index contributed by atoms with van der Waals surface area (Å²) in [4.78, 5) is 0. The van der Waals surface area contributed by atoms with Crippen LogP contribution in [-0.4, -0.2) is 17.9 Å². The molecule has 0 radical (unpaired) electrons. The zero-order chi connectivity index (χ0) is 13.9. The Kier molecular flexibility index (Phi) is 3.99. The summed E-state index contributed by atoms with van der Waals surface area (Å²) in [6.07, 6.45) is -0.362. The van der Waals surface area contributed by atoms with E-state index >= 15 is 0 Å². The van der Waals surface area contributed by atoms with Crippen LogP contribution in [0.5, 0.6) is 0 Å². The van der Waals surface area contributed by atoms with E-state index in [-0.39, 0.29) is 0 Å². The van der Waals surface area contributed by atoms with Crippen molar-refractivity contribution in [2.45, 2.75) is 44.1 Å². The molecule has 4 heteroatoms. The monoisotopic (exact) mass is 270 g/mol. The molecule has 1 aromatic rings. The molecule has 0 saturated carbocycles. The molecule has 0 unspecified atom stereocenters. The fraction of sp³-hybridized carbons (Fsp3) is 0.467. The van der Waals surface area contributed by atoms with E-state index in [0.29, 0.717) is 6.42 Å². The second-order valence-electron chi connectivity index (χ2n) is 4.78. The number of benzene rings is 1. The molecular weight excluding hydrogens is 253 g/mol. The van der Waals surface area contributed by atoms with Crippen molar-refractivity contribution in [1.82, 2.24) is 0 Å². The van der Waals surface area contributed by atoms with Crippen molar-refractivity contribution in [2.24, 2.45) is 0 Å². The fourth-order valence-electron chi connectivity index (χ4n) is 2.14. The van der Waals surface area contributed by atoms with Crippen molar-refractivity contribution in [3.63, 3.8) is 0 Å². The van der Waals surface area contributed by atoms with Crippen molar-refractivity contribution < 1.29 is 17.9 Å². The van der Waals surface area contributed by atoms with Gasteiger partial charge in [0.05, 0.1) is 0 Å². The molecule has 1 fully saturated rings. The van der Waals surface area contributed by atoms with Crippen molar-refractivity contribution >= 4 is 6.08 Å². The third-order valence-corrected chi connectivity index (χ3v) is 3.34. The van der Waals surface area contributed by atoms with Gasteiger partial charge in [-0.3, -0.25) is 0 Å². The Morgan fingerprint density at radius 3 is 2.53 bits per heavy atom. The average molecular weight is 270 g/mol. The van der Waals surface area contributed by atoms with Crippen molar-refractivity contribution in [2.75, 3.05) is 0 Å². The minimum Gasteiger partial charge on any atom is -0.352 e. The largest absolute Gasteiger partial charge is 0.423 e. The first kappa shape index (κ1) is 14.1. The molecule has 1 aliphatic heterocycles. The number of rotatable bonds is 5. The van der Waals surface area contributed by atoms with Gasteiger partial charge in [-0.2, -0.15) is 13.2 Å². The van der Waals surface area contributed by atoms with Gasteiger partial charge in [0.15, 0.2) is 0 Å². The van der Waals surface area contributed by atoms with Crippen LogP contribution < -0.4 is 0 Å². The lowest BCUT2D eigenvalue weighted by atomic mass is 9.99. The predicted molar refractivity (Wildman–Crippen MR) is 68.7 cm³/mol. The Labute approximate surface area is 111 Å². The average Bonchev–Trinajstić information content (AvgIpc) is 3.10. The molecule has 19 heavy (non-hydrogen) atoms. The maximum absolute atomic E-state index is 13.1. The highest BCUT2D eigenvalue weighted by molar-refractivity contribution is 5.52. The topological polar surface area (TPSA) is 12.5 Å². The molecule has 1 heterocycles. The first-order chi connectivity index (χ1) is 8.99. The molecule has 0 bridgehead atoms. The van der Waals surface area contributed by atoms with E-state index in [1.165, 1.54) is 6.08 Å². The summed E-state index contributed by atoms with van der Waals surface area (Å²) in [5, 5.41) is 0. The summed E-state index contributed by atoms with van der Waals surface area (Å²) in [5.41, 5.74) is -1.33. The molecule has 0 amide bonds. The highest BCUT2D eigenvalue weighted by Gasteiger charge is 2.71. The molecule has 1 aromatic carbocycles. The second-order valence-corrected chi connectivity index (χ2v) is 4.78. The number of epoxide rings is 1. The zero-order valence-corrected chi connectivity index (χ0v) is 10.8. The standard InChI is InChI=1S/C15H17F3O/c1-2-3-9-13-14(19-13,15(16,17)18)11-10-12-7-5-4-6-8-12/h4-8,10-11,13H,2-3,9H2,1H3/b11-10+/t13-,14+/m1/s1. The van der Waals surface area contributed by atoms with Gasteiger partial charge in [0.1, 0.15) is 6.10 Å². The summed E-state index contributed by atoms with van der Waals surface area (Å²) in [7, 11) is 0. The van der Waals surface area contributed by atoms with Crippen molar-refractivity contribution in [3.05, 3.63) is 42.0 Å². The summed E-state index contributed by atoms with van der Waals surface area (Å²) < 4.78 is 44.3. The number of halogens is 3. The maximum Gasteiger partial charge on any atom is 0.423 e. The van der Waals surface area contributed by atoms with E-state index in [0.717, 1.165) is 24.5 Å². The van der Waals surface area contributed by atoms with Crippen LogP contribution in [0.1, 0.15) is 31.7 Å². The van der Waals surface area contributed by atoms with E-state index < -0.39 is 17.9 Å². The zero-order valence-electron chi connectivity index (χ0n) is 10.8. The molecular formula is C15H17F3O. The Balaban J connectivity index is 2.11. The number of ether oxygens (including phenoxy) is 1. The van der Waals surface area contributed by atoms with Gasteiger partial charge in [-0.15, -0.1) is 0 Å². The van der Waals surface area contributed by atoms with Crippen molar-refractivity contribution in [3.8, 4) is 0 Å². The van der Waals surface area contributed by atoms with Gasteiger partial charge in [0.2, 0.25) is 5.60 Å². The molecule has 0 aliphatic carbocycles. The van der Waals surface area contributed by atoms with Gasteiger partial charge >= 0.3 is 6.18 Å². The molecule has 2 rings (SSSR count). The van der Waals surface area contributed by atoms with E-state index in [1.807, 2.05) is 13.0 Å².